The van der Waals surface area contributed by atoms with Crippen LogP contribution in [0.4, 0.5) is 23.0 Å². The number of rotatable bonds is 5. The zero-order valence-corrected chi connectivity index (χ0v) is 13.7. The number of hydrogen-bond donors (Lipinski definition) is 2. The molecule has 2 N–H and O–H groups in total. The van der Waals surface area contributed by atoms with Crippen molar-refractivity contribution in [3.63, 3.8) is 0 Å². The zero-order valence-electron chi connectivity index (χ0n) is 13.7. The van der Waals surface area contributed by atoms with E-state index >= 15 is 0 Å². The highest BCUT2D eigenvalue weighted by molar-refractivity contribution is 5.87. The first-order valence-corrected chi connectivity index (χ1v) is 7.49. The molecule has 0 atom stereocenters. The number of nitrogens with zero attached hydrogens (tertiary/aromatic N) is 4. The molecule has 0 fully saturated rings. The molecule has 1 aromatic carbocycles. The van der Waals surface area contributed by atoms with Gasteiger partial charge in [-0.2, -0.15) is 0 Å². The highest BCUT2D eigenvalue weighted by atomic mass is 16.5. The van der Waals surface area contributed by atoms with Crippen LogP contribution in [-0.2, 0) is 4.74 Å². The molecule has 0 aliphatic carbocycles. The lowest BCUT2D eigenvalue weighted by Gasteiger charge is -2.08. The van der Waals surface area contributed by atoms with Gasteiger partial charge in [0.15, 0.2) is 11.5 Å². The van der Waals surface area contributed by atoms with Gasteiger partial charge in [0.2, 0.25) is 0 Å². The van der Waals surface area contributed by atoms with Crippen molar-refractivity contribution in [2.45, 2.75) is 6.92 Å². The van der Waals surface area contributed by atoms with Crippen LogP contribution in [0.2, 0.25) is 0 Å². The quantitative estimate of drug-likeness (QED) is 0.686. The first-order valence-electron chi connectivity index (χ1n) is 7.49. The summed E-state index contributed by atoms with van der Waals surface area (Å²) in [4.78, 5) is 19.6. The third kappa shape index (κ3) is 4.25. The van der Waals surface area contributed by atoms with Gasteiger partial charge in [0.1, 0.15) is 12.1 Å². The van der Waals surface area contributed by atoms with Gasteiger partial charge in [-0.25, -0.2) is 14.8 Å². The van der Waals surface area contributed by atoms with Crippen molar-refractivity contribution in [3.05, 3.63) is 60.2 Å². The normalized spacial score (nSPS) is 10.2. The first-order chi connectivity index (χ1) is 12.1. The number of hydrogen-bond acceptors (Lipinski definition) is 8. The van der Waals surface area contributed by atoms with Gasteiger partial charge in [-0.1, -0.05) is 0 Å². The average molecular weight is 336 g/mol. The molecule has 0 radical (unpaired) electrons. The summed E-state index contributed by atoms with van der Waals surface area (Å²) in [5.41, 5.74) is 2.79. The molecule has 2 aromatic heterocycles. The van der Waals surface area contributed by atoms with E-state index in [2.05, 4.69) is 35.5 Å². The smallest absolute Gasteiger partial charge is 0.358 e. The monoisotopic (exact) mass is 336 g/mol. The minimum absolute atomic E-state index is 0.160. The summed E-state index contributed by atoms with van der Waals surface area (Å²) >= 11 is 0. The topological polar surface area (TPSA) is 102 Å². The van der Waals surface area contributed by atoms with Crippen molar-refractivity contribution in [2.24, 2.45) is 0 Å². The highest BCUT2D eigenvalue weighted by Gasteiger charge is 2.07. The fraction of sp³-hybridized carbons (Fsp3) is 0.118. The number of methoxy groups -OCH3 is 1. The summed E-state index contributed by atoms with van der Waals surface area (Å²) < 4.78 is 4.59. The molecule has 0 saturated carbocycles. The fourth-order valence-corrected chi connectivity index (χ4v) is 2.07. The first kappa shape index (κ1) is 16.3. The molecule has 2 heterocycles. The molecule has 126 valence electrons. The van der Waals surface area contributed by atoms with Crippen molar-refractivity contribution in [3.8, 4) is 0 Å². The molecule has 0 aliphatic heterocycles. The Balaban J connectivity index is 1.65. The fourth-order valence-electron chi connectivity index (χ4n) is 2.07. The van der Waals surface area contributed by atoms with E-state index in [9.17, 15) is 4.79 Å². The second-order valence-electron chi connectivity index (χ2n) is 5.17. The number of carbonyl (C=O) groups excluding carboxylic acids is 1. The lowest BCUT2D eigenvalue weighted by atomic mass is 10.2. The third-order valence-electron chi connectivity index (χ3n) is 3.29. The van der Waals surface area contributed by atoms with Crippen molar-refractivity contribution in [1.29, 1.82) is 0 Å². The van der Waals surface area contributed by atoms with Crippen molar-refractivity contribution in [1.82, 2.24) is 20.2 Å². The van der Waals surface area contributed by atoms with Crippen LogP contribution < -0.4 is 10.6 Å². The van der Waals surface area contributed by atoms with Crippen LogP contribution in [0.1, 0.15) is 16.2 Å². The van der Waals surface area contributed by atoms with Gasteiger partial charge < -0.3 is 15.4 Å². The van der Waals surface area contributed by atoms with Crippen LogP contribution >= 0.6 is 0 Å². The Kier molecular flexibility index (Phi) is 4.79. The van der Waals surface area contributed by atoms with E-state index in [0.717, 1.165) is 22.9 Å². The summed E-state index contributed by atoms with van der Waals surface area (Å²) in [6.07, 6.45) is 1.52. The van der Waals surface area contributed by atoms with Crippen LogP contribution in [0.25, 0.3) is 0 Å². The predicted molar refractivity (Wildman–Crippen MR) is 93.1 cm³/mol. The molecular formula is C17H16N6O2. The average Bonchev–Trinajstić information content (AvgIpc) is 2.63. The lowest BCUT2D eigenvalue weighted by Crippen LogP contribution is -2.06. The molecule has 0 unspecified atom stereocenters. The number of nitrogens with one attached hydrogen (secondary N) is 2. The summed E-state index contributed by atoms with van der Waals surface area (Å²) in [5.74, 6) is 0.742. The number of anilines is 4. The molecule has 25 heavy (non-hydrogen) atoms. The van der Waals surface area contributed by atoms with Gasteiger partial charge in [-0.05, 0) is 43.3 Å². The maximum Gasteiger partial charge on any atom is 0.358 e. The van der Waals surface area contributed by atoms with E-state index in [-0.39, 0.29) is 5.69 Å². The van der Waals surface area contributed by atoms with E-state index in [0.29, 0.717) is 5.82 Å². The molecule has 0 amide bonds. The number of benzene rings is 1. The van der Waals surface area contributed by atoms with Gasteiger partial charge in [-0.3, -0.25) is 0 Å². The SMILES string of the molecule is COC(=O)c1ccc(Nc2ccc(Nc3cc(C)ncn3)cc2)nn1. The number of carbonyl (C=O) groups is 1. The number of aryl methyl sites for hydroxylation is 1. The van der Waals surface area contributed by atoms with E-state index in [1.807, 2.05) is 37.3 Å². The van der Waals surface area contributed by atoms with Crippen LogP contribution in [0, 0.1) is 6.92 Å². The van der Waals surface area contributed by atoms with E-state index in [4.69, 9.17) is 0 Å². The van der Waals surface area contributed by atoms with Crippen LogP contribution in [0.3, 0.4) is 0 Å². The molecule has 8 nitrogen and oxygen atoms in total. The van der Waals surface area contributed by atoms with Crippen molar-refractivity contribution in [2.75, 3.05) is 17.7 Å². The molecule has 0 bridgehead atoms. The Morgan fingerprint density at radius 2 is 1.60 bits per heavy atom. The largest absolute Gasteiger partial charge is 0.464 e. The molecule has 3 aromatic rings. The zero-order chi connectivity index (χ0) is 17.6. The Bertz CT molecular complexity index is 865. The van der Waals surface area contributed by atoms with Crippen molar-refractivity contribution >= 4 is 29.0 Å². The predicted octanol–water partition coefficient (Wildman–Crippen LogP) is 2.85. The second-order valence-corrected chi connectivity index (χ2v) is 5.17. The Morgan fingerprint density at radius 3 is 2.16 bits per heavy atom. The standard InChI is InChI=1S/C17H16N6O2/c1-11-9-16(19-10-18-11)21-13-5-3-12(4-6-13)20-15-8-7-14(22-23-15)17(24)25-2/h3-10H,1-2H3,(H,20,23)(H,18,19,21). The Hall–Kier alpha value is -3.55. The minimum atomic E-state index is -0.519. The molecule has 0 aliphatic rings. The number of ether oxygens (including phenoxy) is 1. The number of aromatic nitrogens is 4. The molecule has 0 spiro atoms. The third-order valence-corrected chi connectivity index (χ3v) is 3.29. The van der Waals surface area contributed by atoms with Crippen molar-refractivity contribution < 1.29 is 9.53 Å². The van der Waals surface area contributed by atoms with Gasteiger partial charge in [0.25, 0.3) is 0 Å². The maximum absolute atomic E-state index is 11.3. The number of esters is 1. The van der Waals surface area contributed by atoms with Gasteiger partial charge in [0.05, 0.1) is 7.11 Å². The van der Waals surface area contributed by atoms with Gasteiger partial charge in [-0.15, -0.1) is 10.2 Å². The molecule has 0 saturated heterocycles. The summed E-state index contributed by atoms with van der Waals surface area (Å²) in [6, 6.07) is 12.7. The van der Waals surface area contributed by atoms with Crippen LogP contribution in [-0.4, -0.2) is 33.2 Å². The Labute approximate surface area is 144 Å². The second kappa shape index (κ2) is 7.35. The van der Waals surface area contributed by atoms with Gasteiger partial charge in [0, 0.05) is 23.1 Å². The molecule has 8 heteroatoms. The molecule has 3 rings (SSSR count). The van der Waals surface area contributed by atoms with Gasteiger partial charge >= 0.3 is 5.97 Å². The summed E-state index contributed by atoms with van der Waals surface area (Å²) in [7, 11) is 1.30. The maximum atomic E-state index is 11.3. The van der Waals surface area contributed by atoms with E-state index in [1.165, 1.54) is 13.4 Å². The van der Waals surface area contributed by atoms with E-state index in [1.54, 1.807) is 12.1 Å². The minimum Gasteiger partial charge on any atom is -0.464 e. The lowest BCUT2D eigenvalue weighted by molar-refractivity contribution is 0.0593. The Morgan fingerprint density at radius 1 is 0.920 bits per heavy atom. The van der Waals surface area contributed by atoms with E-state index < -0.39 is 5.97 Å². The van der Waals surface area contributed by atoms with Crippen LogP contribution in [0.15, 0.2) is 48.8 Å². The summed E-state index contributed by atoms with van der Waals surface area (Å²) in [5, 5.41) is 14.1. The molecular weight excluding hydrogens is 320 g/mol. The summed E-state index contributed by atoms with van der Waals surface area (Å²) in [6.45, 7) is 1.91. The highest BCUT2D eigenvalue weighted by Crippen LogP contribution is 2.20. The van der Waals surface area contributed by atoms with Crippen LogP contribution in [0.5, 0.6) is 0 Å².